The number of imidazole rings is 1. The fourth-order valence-corrected chi connectivity index (χ4v) is 5.99. The van der Waals surface area contributed by atoms with Crippen LogP contribution in [0.15, 0.2) is 110 Å². The Morgan fingerprint density at radius 2 is 1.10 bits per heavy atom. The van der Waals surface area contributed by atoms with Crippen LogP contribution in [-0.4, -0.2) is 62.3 Å². The summed E-state index contributed by atoms with van der Waals surface area (Å²) >= 11 is 0. The number of carbonyl (C=O) groups excluding carboxylic acids is 3. The van der Waals surface area contributed by atoms with Crippen LogP contribution in [-0.2, 0) is 18.9 Å². The minimum absolute atomic E-state index is 0.289. The summed E-state index contributed by atoms with van der Waals surface area (Å²) in [7, 11) is 0. The van der Waals surface area contributed by atoms with Gasteiger partial charge in [-0.15, -0.1) is 0 Å². The fraction of sp³-hybridized carbons (Fsp3) is 0.220. The van der Waals surface area contributed by atoms with Gasteiger partial charge in [0.25, 0.3) is 0 Å². The normalized spacial score (nSPS) is 18.2. The molecule has 7 rings (SSSR count). The Balaban J connectivity index is 1.28. The van der Waals surface area contributed by atoms with E-state index in [1.54, 1.807) is 65.2 Å². The quantitative estimate of drug-likeness (QED) is 0.116. The summed E-state index contributed by atoms with van der Waals surface area (Å²) in [6.45, 7) is 7.42. The molecular weight excluding hydrogens is 660 g/mol. The minimum atomic E-state index is -1.22. The highest BCUT2D eigenvalue weighted by molar-refractivity contribution is 5.91. The van der Waals surface area contributed by atoms with Gasteiger partial charge in [0.2, 0.25) is 0 Å². The Kier molecular flexibility index (Phi) is 9.60. The van der Waals surface area contributed by atoms with Gasteiger partial charge < -0.3 is 18.9 Å². The first kappa shape index (κ1) is 34.3. The summed E-state index contributed by atoms with van der Waals surface area (Å²) in [5.74, 6) is -1.92. The van der Waals surface area contributed by atoms with Crippen LogP contribution in [0.2, 0.25) is 0 Å². The van der Waals surface area contributed by atoms with Crippen molar-refractivity contribution in [2.45, 2.75) is 52.2 Å². The molecule has 2 unspecified atom stereocenters. The maximum absolute atomic E-state index is 13.7. The molecule has 262 valence electrons. The van der Waals surface area contributed by atoms with Crippen LogP contribution < -0.4 is 0 Å². The van der Waals surface area contributed by atoms with Crippen molar-refractivity contribution in [2.24, 2.45) is 0 Å². The maximum atomic E-state index is 13.7. The molecule has 0 amide bonds. The van der Waals surface area contributed by atoms with Gasteiger partial charge in [-0.25, -0.2) is 29.3 Å². The second-order valence-electron chi connectivity index (χ2n) is 12.9. The molecule has 1 fully saturated rings. The third kappa shape index (κ3) is 7.17. The zero-order valence-electron chi connectivity index (χ0n) is 29.1. The van der Waals surface area contributed by atoms with E-state index in [0.29, 0.717) is 28.0 Å². The van der Waals surface area contributed by atoms with Crippen LogP contribution in [0.25, 0.3) is 22.4 Å². The average molecular weight is 697 g/mol. The number of nitrogens with zero attached hydrogens (tertiary/aromatic N) is 4. The topological polar surface area (TPSA) is 132 Å². The van der Waals surface area contributed by atoms with E-state index in [0.717, 1.165) is 27.8 Å². The molecule has 0 N–H and O–H groups in total. The summed E-state index contributed by atoms with van der Waals surface area (Å²) in [6.07, 6.45) is -1.64. The Morgan fingerprint density at radius 3 is 1.63 bits per heavy atom. The third-order valence-electron chi connectivity index (χ3n) is 8.97. The van der Waals surface area contributed by atoms with Gasteiger partial charge in [0, 0.05) is 5.56 Å². The molecule has 4 atom stereocenters. The van der Waals surface area contributed by atoms with Crippen LogP contribution in [0, 0.1) is 27.7 Å². The molecule has 0 spiro atoms. The fourth-order valence-electron chi connectivity index (χ4n) is 5.99. The first-order valence-electron chi connectivity index (χ1n) is 16.8. The zero-order chi connectivity index (χ0) is 36.4. The van der Waals surface area contributed by atoms with Crippen LogP contribution in [0.4, 0.5) is 0 Å². The second kappa shape index (κ2) is 14.6. The van der Waals surface area contributed by atoms with Crippen LogP contribution >= 0.6 is 0 Å². The van der Waals surface area contributed by atoms with Crippen molar-refractivity contribution < 1.29 is 33.3 Å². The number of rotatable bonds is 9. The summed E-state index contributed by atoms with van der Waals surface area (Å²) < 4.78 is 26.2. The number of carbonyl (C=O) groups is 3. The van der Waals surface area contributed by atoms with Crippen molar-refractivity contribution in [1.82, 2.24) is 19.5 Å². The summed E-state index contributed by atoms with van der Waals surface area (Å²) in [6, 6.07) is 28.6. The van der Waals surface area contributed by atoms with E-state index in [1.807, 2.05) is 64.1 Å². The number of esters is 3. The Bertz CT molecular complexity index is 2230. The van der Waals surface area contributed by atoms with E-state index < -0.39 is 42.4 Å². The van der Waals surface area contributed by atoms with Gasteiger partial charge in [-0.1, -0.05) is 82.9 Å². The van der Waals surface area contributed by atoms with Gasteiger partial charge in [0.1, 0.15) is 30.2 Å². The Labute approximate surface area is 300 Å². The van der Waals surface area contributed by atoms with Crippen molar-refractivity contribution in [3.05, 3.63) is 149 Å². The standard InChI is InChI=1S/C41H36N4O7/c1-24-5-13-28(14-6-24)33-34-37(43-22-42-33)45(23-44-34)38-36(52-41(48)31-19-11-27(4)12-20-31)35(51-40(47)30-17-9-26(3)10-18-30)32(50-38)21-49-39(46)29-15-7-25(2)8-16-29/h5-20,22-23,32,35-36,38H,21H2,1-4H3/t32-,35?,36?,38-/m1/s1. The SMILES string of the molecule is Cc1ccc(C(=O)OC[C@H]2O[C@@H](n3cnc4c(-c5ccc(C)cc5)ncnc43)C(OC(=O)c3ccc(C)cc3)C2OC(=O)c2ccc(C)cc2)cc1. The maximum Gasteiger partial charge on any atom is 0.338 e. The van der Waals surface area contributed by atoms with Crippen LogP contribution in [0.3, 0.4) is 0 Å². The molecule has 11 nitrogen and oxygen atoms in total. The smallest absolute Gasteiger partial charge is 0.338 e. The van der Waals surface area contributed by atoms with Crippen molar-refractivity contribution in [3.63, 3.8) is 0 Å². The molecule has 0 aliphatic carbocycles. The molecule has 0 saturated carbocycles. The summed E-state index contributed by atoms with van der Waals surface area (Å²) in [5.41, 5.74) is 7.26. The molecule has 0 radical (unpaired) electrons. The lowest BCUT2D eigenvalue weighted by Gasteiger charge is -2.25. The van der Waals surface area contributed by atoms with Crippen molar-refractivity contribution in [2.75, 3.05) is 6.61 Å². The molecule has 2 aromatic heterocycles. The van der Waals surface area contributed by atoms with Gasteiger partial charge in [-0.3, -0.25) is 4.57 Å². The Morgan fingerprint density at radius 1 is 0.615 bits per heavy atom. The number of hydrogen-bond acceptors (Lipinski definition) is 10. The number of ether oxygens (including phenoxy) is 4. The largest absolute Gasteiger partial charge is 0.459 e. The lowest BCUT2D eigenvalue weighted by Crippen LogP contribution is -2.41. The average Bonchev–Trinajstić information content (AvgIpc) is 3.72. The number of benzene rings is 4. The zero-order valence-corrected chi connectivity index (χ0v) is 29.1. The first-order valence-corrected chi connectivity index (χ1v) is 16.8. The van der Waals surface area contributed by atoms with Crippen LogP contribution in [0.5, 0.6) is 0 Å². The predicted octanol–water partition coefficient (Wildman–Crippen LogP) is 6.93. The molecule has 11 heteroatoms. The number of aromatic nitrogens is 4. The first-order chi connectivity index (χ1) is 25.1. The number of hydrogen-bond donors (Lipinski definition) is 0. The van der Waals surface area contributed by atoms with Gasteiger partial charge in [0.05, 0.1) is 23.0 Å². The third-order valence-corrected chi connectivity index (χ3v) is 8.97. The molecule has 52 heavy (non-hydrogen) atoms. The highest BCUT2D eigenvalue weighted by atomic mass is 16.7. The molecule has 1 aliphatic rings. The molecule has 3 heterocycles. The van der Waals surface area contributed by atoms with Gasteiger partial charge in [-0.2, -0.15) is 0 Å². The van der Waals surface area contributed by atoms with E-state index in [1.165, 1.54) is 12.7 Å². The molecule has 4 aromatic carbocycles. The van der Waals surface area contributed by atoms with E-state index in [2.05, 4.69) is 15.0 Å². The molecule has 1 saturated heterocycles. The van der Waals surface area contributed by atoms with Gasteiger partial charge in [-0.05, 0) is 64.1 Å². The van der Waals surface area contributed by atoms with E-state index in [4.69, 9.17) is 18.9 Å². The lowest BCUT2D eigenvalue weighted by atomic mass is 10.1. The van der Waals surface area contributed by atoms with Gasteiger partial charge in [0.15, 0.2) is 24.1 Å². The lowest BCUT2D eigenvalue weighted by molar-refractivity contribution is -0.0606. The molecule has 6 aromatic rings. The van der Waals surface area contributed by atoms with Crippen molar-refractivity contribution in [3.8, 4) is 11.3 Å². The highest BCUT2D eigenvalue weighted by Crippen LogP contribution is 2.38. The Hall–Kier alpha value is -6.20. The monoisotopic (exact) mass is 696 g/mol. The summed E-state index contributed by atoms with van der Waals surface area (Å²) in [5, 5.41) is 0. The molecule has 1 aliphatic heterocycles. The van der Waals surface area contributed by atoms with Gasteiger partial charge >= 0.3 is 17.9 Å². The van der Waals surface area contributed by atoms with E-state index in [-0.39, 0.29) is 12.2 Å². The van der Waals surface area contributed by atoms with E-state index in [9.17, 15) is 14.4 Å². The molecule has 0 bridgehead atoms. The van der Waals surface area contributed by atoms with Crippen LogP contribution in [0.1, 0.15) is 59.6 Å². The second-order valence-corrected chi connectivity index (χ2v) is 12.9. The van der Waals surface area contributed by atoms with E-state index >= 15 is 0 Å². The molecular formula is C41H36N4O7. The predicted molar refractivity (Wildman–Crippen MR) is 192 cm³/mol. The minimum Gasteiger partial charge on any atom is -0.459 e. The number of aryl methyl sites for hydroxylation is 4. The number of fused-ring (bicyclic) bond motifs is 1. The summed E-state index contributed by atoms with van der Waals surface area (Å²) in [4.78, 5) is 54.2. The van der Waals surface area contributed by atoms with Crippen molar-refractivity contribution >= 4 is 29.1 Å². The van der Waals surface area contributed by atoms with Crippen molar-refractivity contribution in [1.29, 1.82) is 0 Å². The highest BCUT2D eigenvalue weighted by Gasteiger charge is 2.52.